The summed E-state index contributed by atoms with van der Waals surface area (Å²) in [5.41, 5.74) is 0.775. The lowest BCUT2D eigenvalue weighted by Crippen LogP contribution is -2.30. The van der Waals surface area contributed by atoms with Crippen LogP contribution in [0.4, 0.5) is 4.79 Å². The molecule has 1 aromatic heterocycles. The van der Waals surface area contributed by atoms with Gasteiger partial charge in [0.15, 0.2) is 0 Å². The molecule has 15 heavy (non-hydrogen) atoms. The molecule has 3 amide bonds. The number of nitrogens with zero attached hydrogens (tertiary/aromatic N) is 2. The van der Waals surface area contributed by atoms with Crippen molar-refractivity contribution in [3.8, 4) is 0 Å². The smallest absolute Gasteiger partial charge is 0.325 e. The number of imide groups is 1. The zero-order valence-corrected chi connectivity index (χ0v) is 8.53. The highest BCUT2D eigenvalue weighted by Crippen LogP contribution is 2.12. The number of hydrogen-bond donors (Lipinski definition) is 1. The van der Waals surface area contributed by atoms with Crippen LogP contribution < -0.4 is 5.32 Å². The summed E-state index contributed by atoms with van der Waals surface area (Å²) in [5, 5.41) is 2.43. The molecule has 0 saturated carbocycles. The number of rotatable bonds is 2. The number of aryl methyl sites for hydroxylation is 2. The number of aromatic nitrogens is 1. The Kier molecular flexibility index (Phi) is 2.18. The van der Waals surface area contributed by atoms with Crippen molar-refractivity contribution in [2.45, 2.75) is 20.4 Å². The van der Waals surface area contributed by atoms with Crippen LogP contribution in [0.2, 0.25) is 0 Å². The van der Waals surface area contributed by atoms with Gasteiger partial charge in [0, 0.05) is 0 Å². The normalized spacial score (nSPS) is 16.0. The first-order valence-electron chi connectivity index (χ1n) is 4.59. The number of hydrogen-bond acceptors (Lipinski definition) is 4. The van der Waals surface area contributed by atoms with Gasteiger partial charge in [0.25, 0.3) is 5.91 Å². The third-order valence-corrected chi connectivity index (χ3v) is 2.30. The van der Waals surface area contributed by atoms with E-state index in [4.69, 9.17) is 4.42 Å². The van der Waals surface area contributed by atoms with Crippen LogP contribution in [0.1, 0.15) is 17.3 Å². The highest BCUT2D eigenvalue weighted by molar-refractivity contribution is 6.01. The van der Waals surface area contributed by atoms with Gasteiger partial charge in [0.05, 0.1) is 12.2 Å². The molecular weight excluding hydrogens is 198 g/mol. The fourth-order valence-corrected chi connectivity index (χ4v) is 1.36. The zero-order valence-electron chi connectivity index (χ0n) is 8.53. The molecule has 0 atom stereocenters. The van der Waals surface area contributed by atoms with Gasteiger partial charge in [0.1, 0.15) is 12.3 Å². The first-order chi connectivity index (χ1) is 7.08. The molecule has 1 saturated heterocycles. The van der Waals surface area contributed by atoms with E-state index in [1.54, 1.807) is 6.92 Å². The van der Waals surface area contributed by atoms with Crippen LogP contribution in [0.3, 0.4) is 0 Å². The summed E-state index contributed by atoms with van der Waals surface area (Å²) in [4.78, 5) is 27.6. The van der Waals surface area contributed by atoms with Crippen LogP contribution in [0, 0.1) is 13.8 Å². The van der Waals surface area contributed by atoms with E-state index in [-0.39, 0.29) is 19.0 Å². The van der Waals surface area contributed by atoms with Crippen molar-refractivity contribution in [3.63, 3.8) is 0 Å². The molecule has 6 heteroatoms. The minimum atomic E-state index is -0.395. The van der Waals surface area contributed by atoms with E-state index in [0.29, 0.717) is 11.7 Å². The van der Waals surface area contributed by atoms with Crippen LogP contribution in [0.15, 0.2) is 4.42 Å². The van der Waals surface area contributed by atoms with Gasteiger partial charge < -0.3 is 9.73 Å². The number of oxazole rings is 1. The summed E-state index contributed by atoms with van der Waals surface area (Å²) in [6.45, 7) is 3.75. The Morgan fingerprint density at radius 1 is 1.47 bits per heavy atom. The van der Waals surface area contributed by atoms with Crippen molar-refractivity contribution in [2.75, 3.05) is 6.54 Å². The number of nitrogens with one attached hydrogen (secondary N) is 1. The monoisotopic (exact) mass is 209 g/mol. The molecule has 1 aromatic rings. The maximum atomic E-state index is 11.3. The SMILES string of the molecule is Cc1nc(CN2C(=O)CNC2=O)oc1C. The fraction of sp³-hybridized carbons (Fsp3) is 0.444. The third kappa shape index (κ3) is 1.70. The molecular formula is C9H11N3O3. The molecule has 0 aliphatic carbocycles. The predicted octanol–water partition coefficient (Wildman–Crippen LogP) is 0.343. The van der Waals surface area contributed by atoms with E-state index >= 15 is 0 Å². The number of carbonyl (C=O) groups excluding carboxylic acids is 2. The van der Waals surface area contributed by atoms with E-state index in [1.807, 2.05) is 6.92 Å². The van der Waals surface area contributed by atoms with E-state index < -0.39 is 6.03 Å². The van der Waals surface area contributed by atoms with Crippen molar-refractivity contribution >= 4 is 11.9 Å². The average Bonchev–Trinajstić information content (AvgIpc) is 2.64. The topological polar surface area (TPSA) is 75.4 Å². The maximum absolute atomic E-state index is 11.3. The highest BCUT2D eigenvalue weighted by Gasteiger charge is 2.29. The first-order valence-corrected chi connectivity index (χ1v) is 4.59. The Hall–Kier alpha value is -1.85. The number of amides is 3. The van der Waals surface area contributed by atoms with Gasteiger partial charge in [-0.25, -0.2) is 9.78 Å². The van der Waals surface area contributed by atoms with Gasteiger partial charge in [-0.1, -0.05) is 0 Å². The molecule has 80 valence electrons. The summed E-state index contributed by atoms with van der Waals surface area (Å²) >= 11 is 0. The molecule has 1 aliphatic rings. The Labute approximate surface area is 86.3 Å². The Morgan fingerprint density at radius 3 is 2.67 bits per heavy atom. The van der Waals surface area contributed by atoms with E-state index in [1.165, 1.54) is 0 Å². The third-order valence-electron chi connectivity index (χ3n) is 2.30. The van der Waals surface area contributed by atoms with Crippen molar-refractivity contribution in [1.82, 2.24) is 15.2 Å². The van der Waals surface area contributed by atoms with Gasteiger partial charge >= 0.3 is 6.03 Å². The maximum Gasteiger partial charge on any atom is 0.325 e. The summed E-state index contributed by atoms with van der Waals surface area (Å²) < 4.78 is 5.29. The van der Waals surface area contributed by atoms with Crippen molar-refractivity contribution in [1.29, 1.82) is 0 Å². The van der Waals surface area contributed by atoms with Gasteiger partial charge in [-0.2, -0.15) is 0 Å². The first kappa shape index (κ1) is 9.70. The lowest BCUT2D eigenvalue weighted by Gasteiger charge is -2.08. The highest BCUT2D eigenvalue weighted by atomic mass is 16.4. The largest absolute Gasteiger partial charge is 0.444 e. The number of carbonyl (C=O) groups is 2. The van der Waals surface area contributed by atoms with Gasteiger partial charge in [0.2, 0.25) is 5.89 Å². The molecule has 1 fully saturated rings. The summed E-state index contributed by atoms with van der Waals surface area (Å²) in [6, 6.07) is -0.395. The van der Waals surface area contributed by atoms with Gasteiger partial charge in [-0.15, -0.1) is 0 Å². The minimum Gasteiger partial charge on any atom is -0.444 e. The van der Waals surface area contributed by atoms with E-state index in [9.17, 15) is 9.59 Å². The summed E-state index contributed by atoms with van der Waals surface area (Å²) in [6.07, 6.45) is 0. The van der Waals surface area contributed by atoms with Crippen LogP contribution in [-0.2, 0) is 11.3 Å². The molecule has 0 spiro atoms. The van der Waals surface area contributed by atoms with Crippen LogP contribution in [-0.4, -0.2) is 28.4 Å². The molecule has 2 rings (SSSR count). The Morgan fingerprint density at radius 2 is 2.20 bits per heavy atom. The summed E-state index contributed by atoms with van der Waals surface area (Å²) in [7, 11) is 0. The number of urea groups is 1. The second kappa shape index (κ2) is 3.38. The van der Waals surface area contributed by atoms with Gasteiger partial charge in [-0.05, 0) is 13.8 Å². The second-order valence-corrected chi connectivity index (χ2v) is 3.39. The molecule has 1 aliphatic heterocycles. The fourth-order valence-electron chi connectivity index (χ4n) is 1.36. The van der Waals surface area contributed by atoms with Crippen molar-refractivity contribution in [3.05, 3.63) is 17.3 Å². The van der Waals surface area contributed by atoms with Gasteiger partial charge in [-0.3, -0.25) is 9.69 Å². The van der Waals surface area contributed by atoms with Crippen molar-refractivity contribution in [2.24, 2.45) is 0 Å². The molecule has 0 radical (unpaired) electrons. The lowest BCUT2D eigenvalue weighted by molar-refractivity contribution is -0.125. The quantitative estimate of drug-likeness (QED) is 0.713. The van der Waals surface area contributed by atoms with Crippen LogP contribution in [0.25, 0.3) is 0 Å². The molecule has 2 heterocycles. The van der Waals surface area contributed by atoms with E-state index in [0.717, 1.165) is 10.6 Å². The zero-order chi connectivity index (χ0) is 11.0. The molecule has 6 nitrogen and oxygen atoms in total. The predicted molar refractivity (Wildman–Crippen MR) is 49.9 cm³/mol. The van der Waals surface area contributed by atoms with Crippen molar-refractivity contribution < 1.29 is 14.0 Å². The van der Waals surface area contributed by atoms with Crippen LogP contribution in [0.5, 0.6) is 0 Å². The average molecular weight is 209 g/mol. The molecule has 0 aromatic carbocycles. The summed E-state index contributed by atoms with van der Waals surface area (Å²) in [5.74, 6) is 0.834. The molecule has 1 N–H and O–H groups in total. The molecule has 0 unspecified atom stereocenters. The lowest BCUT2D eigenvalue weighted by atomic mass is 10.4. The second-order valence-electron chi connectivity index (χ2n) is 3.39. The Balaban J connectivity index is 2.14. The standard InChI is InChI=1S/C9H11N3O3/c1-5-6(2)15-7(11-5)4-12-8(13)3-10-9(12)14/h3-4H2,1-2H3,(H,10,14). The minimum absolute atomic E-state index is 0.0531. The van der Waals surface area contributed by atoms with E-state index in [2.05, 4.69) is 10.3 Å². The Bertz CT molecular complexity index is 389. The van der Waals surface area contributed by atoms with Crippen LogP contribution >= 0.6 is 0 Å². The molecule has 0 bridgehead atoms.